The van der Waals surface area contributed by atoms with Gasteiger partial charge >= 0.3 is 6.18 Å². The summed E-state index contributed by atoms with van der Waals surface area (Å²) in [7, 11) is 0. The lowest BCUT2D eigenvalue weighted by atomic mass is 10.0. The highest BCUT2D eigenvalue weighted by molar-refractivity contribution is 9.10. The van der Waals surface area contributed by atoms with Gasteiger partial charge in [-0.2, -0.15) is 18.4 Å². The number of nitrogens with zero attached hydrogens (tertiary/aromatic N) is 1. The van der Waals surface area contributed by atoms with E-state index in [2.05, 4.69) is 15.9 Å². The Kier molecular flexibility index (Phi) is 3.94. The summed E-state index contributed by atoms with van der Waals surface area (Å²) in [4.78, 5) is 0. The Morgan fingerprint density at radius 1 is 1.38 bits per heavy atom. The van der Waals surface area contributed by atoms with Crippen molar-refractivity contribution in [3.05, 3.63) is 33.8 Å². The van der Waals surface area contributed by atoms with Crippen molar-refractivity contribution in [1.29, 1.82) is 5.26 Å². The molecule has 0 spiro atoms. The van der Waals surface area contributed by atoms with E-state index in [4.69, 9.17) is 11.0 Å². The van der Waals surface area contributed by atoms with Crippen molar-refractivity contribution in [1.82, 2.24) is 0 Å². The van der Waals surface area contributed by atoms with Crippen LogP contribution in [0.5, 0.6) is 0 Å². The van der Waals surface area contributed by atoms with Gasteiger partial charge in [0.05, 0.1) is 18.1 Å². The second-order valence-corrected chi connectivity index (χ2v) is 4.16. The molecule has 16 heavy (non-hydrogen) atoms. The molecule has 0 aliphatic rings. The molecule has 0 fully saturated rings. The molecule has 86 valence electrons. The smallest absolute Gasteiger partial charge is 0.323 e. The molecule has 0 saturated carbocycles. The largest absolute Gasteiger partial charge is 0.416 e. The Balaban J connectivity index is 3.14. The molecular weight excluding hydrogens is 285 g/mol. The fraction of sp³-hybridized carbons (Fsp3) is 0.300. The number of hydrogen-bond donors (Lipinski definition) is 1. The summed E-state index contributed by atoms with van der Waals surface area (Å²) in [5.41, 5.74) is 5.10. The Labute approximate surface area is 99.0 Å². The molecule has 0 heterocycles. The van der Waals surface area contributed by atoms with Crippen molar-refractivity contribution in [2.75, 3.05) is 0 Å². The normalized spacial score (nSPS) is 13.2. The molecule has 0 radical (unpaired) electrons. The van der Waals surface area contributed by atoms with E-state index in [0.717, 1.165) is 12.1 Å². The third-order valence-electron chi connectivity index (χ3n) is 1.99. The molecular formula is C10H8BrF3N2. The van der Waals surface area contributed by atoms with Gasteiger partial charge in [0, 0.05) is 10.5 Å². The highest BCUT2D eigenvalue weighted by Crippen LogP contribution is 2.33. The van der Waals surface area contributed by atoms with Crippen LogP contribution in [0.4, 0.5) is 13.2 Å². The first-order valence-electron chi connectivity index (χ1n) is 4.35. The third kappa shape index (κ3) is 3.22. The Morgan fingerprint density at radius 3 is 2.50 bits per heavy atom. The average molecular weight is 293 g/mol. The number of hydrogen-bond acceptors (Lipinski definition) is 2. The quantitative estimate of drug-likeness (QED) is 0.908. The van der Waals surface area contributed by atoms with Gasteiger partial charge in [0.25, 0.3) is 0 Å². The van der Waals surface area contributed by atoms with Crippen molar-refractivity contribution in [3.8, 4) is 6.07 Å². The summed E-state index contributed by atoms with van der Waals surface area (Å²) in [5, 5.41) is 8.43. The zero-order valence-corrected chi connectivity index (χ0v) is 9.64. The van der Waals surface area contributed by atoms with Crippen LogP contribution in [0.2, 0.25) is 0 Å². The predicted molar refractivity (Wildman–Crippen MR) is 56.3 cm³/mol. The van der Waals surface area contributed by atoms with E-state index in [1.165, 1.54) is 6.07 Å². The van der Waals surface area contributed by atoms with Crippen LogP contribution in [0.1, 0.15) is 23.6 Å². The molecule has 2 nitrogen and oxygen atoms in total. The first-order chi connectivity index (χ1) is 7.34. The maximum Gasteiger partial charge on any atom is 0.416 e. The maximum atomic E-state index is 12.5. The monoisotopic (exact) mass is 292 g/mol. The lowest BCUT2D eigenvalue weighted by Crippen LogP contribution is -2.12. The van der Waals surface area contributed by atoms with Gasteiger partial charge in [0.15, 0.2) is 0 Å². The van der Waals surface area contributed by atoms with Gasteiger partial charge < -0.3 is 5.73 Å². The summed E-state index contributed by atoms with van der Waals surface area (Å²) in [6, 6.07) is 4.54. The second-order valence-electron chi connectivity index (χ2n) is 3.24. The minimum absolute atomic E-state index is 0.0201. The van der Waals surface area contributed by atoms with Gasteiger partial charge in [-0.15, -0.1) is 0 Å². The molecule has 2 N–H and O–H groups in total. The highest BCUT2D eigenvalue weighted by atomic mass is 79.9. The molecule has 6 heteroatoms. The Hall–Kier alpha value is -1.06. The van der Waals surface area contributed by atoms with E-state index in [0.29, 0.717) is 10.0 Å². The fourth-order valence-electron chi connectivity index (χ4n) is 1.21. The number of halogens is 4. The topological polar surface area (TPSA) is 49.8 Å². The van der Waals surface area contributed by atoms with E-state index in [9.17, 15) is 13.2 Å². The number of nitriles is 1. The molecule has 0 aliphatic heterocycles. The number of alkyl halides is 3. The number of benzene rings is 1. The van der Waals surface area contributed by atoms with Gasteiger partial charge in [-0.1, -0.05) is 15.9 Å². The van der Waals surface area contributed by atoms with Crippen molar-refractivity contribution in [2.24, 2.45) is 5.73 Å². The molecule has 0 amide bonds. The van der Waals surface area contributed by atoms with Gasteiger partial charge in [0.2, 0.25) is 0 Å². The van der Waals surface area contributed by atoms with Crippen molar-refractivity contribution >= 4 is 15.9 Å². The zero-order valence-electron chi connectivity index (χ0n) is 8.05. The molecule has 0 aliphatic carbocycles. The summed E-state index contributed by atoms with van der Waals surface area (Å²) < 4.78 is 37.7. The summed E-state index contributed by atoms with van der Waals surface area (Å²) in [5.74, 6) is 0. The molecule has 0 aromatic heterocycles. The predicted octanol–water partition coefficient (Wildman–Crippen LogP) is 3.38. The summed E-state index contributed by atoms with van der Waals surface area (Å²) >= 11 is 2.99. The molecule has 1 atom stereocenters. The summed E-state index contributed by atoms with van der Waals surface area (Å²) in [6.07, 6.45) is -4.43. The van der Waals surface area contributed by atoms with Crippen LogP contribution in [0.3, 0.4) is 0 Å². The minimum Gasteiger partial charge on any atom is -0.323 e. The van der Waals surface area contributed by atoms with Crippen molar-refractivity contribution < 1.29 is 13.2 Å². The van der Waals surface area contributed by atoms with Gasteiger partial charge in [-0.3, -0.25) is 0 Å². The van der Waals surface area contributed by atoms with Gasteiger partial charge in [-0.05, 0) is 23.8 Å². The van der Waals surface area contributed by atoms with Crippen molar-refractivity contribution in [2.45, 2.75) is 18.6 Å². The fourth-order valence-corrected chi connectivity index (χ4v) is 1.72. The second kappa shape index (κ2) is 4.85. The molecule has 1 rings (SSSR count). The Bertz CT molecular complexity index is 423. The van der Waals surface area contributed by atoms with Crippen LogP contribution < -0.4 is 5.73 Å². The average Bonchev–Trinajstić information content (AvgIpc) is 2.16. The van der Waals surface area contributed by atoms with Crippen LogP contribution in [0, 0.1) is 11.3 Å². The molecule has 0 saturated heterocycles. The maximum absolute atomic E-state index is 12.5. The number of nitrogens with two attached hydrogens (primary N) is 1. The first kappa shape index (κ1) is 13.0. The molecule has 1 aromatic rings. The van der Waals surface area contributed by atoms with E-state index in [-0.39, 0.29) is 6.42 Å². The van der Waals surface area contributed by atoms with E-state index >= 15 is 0 Å². The number of rotatable bonds is 2. The van der Waals surface area contributed by atoms with Gasteiger partial charge in [-0.25, -0.2) is 0 Å². The van der Waals surface area contributed by atoms with Crippen LogP contribution in [0.25, 0.3) is 0 Å². The van der Waals surface area contributed by atoms with E-state index in [1.54, 1.807) is 0 Å². The first-order valence-corrected chi connectivity index (χ1v) is 5.14. The van der Waals surface area contributed by atoms with Crippen LogP contribution in [0.15, 0.2) is 22.7 Å². The zero-order chi connectivity index (χ0) is 12.3. The highest BCUT2D eigenvalue weighted by Gasteiger charge is 2.31. The SMILES string of the molecule is N#CC[C@@H](N)c1cc(Br)cc(C(F)(F)F)c1. The minimum atomic E-state index is -4.41. The van der Waals surface area contributed by atoms with Crippen LogP contribution in [-0.4, -0.2) is 0 Å². The van der Waals surface area contributed by atoms with Gasteiger partial charge in [0.1, 0.15) is 0 Å². The standard InChI is InChI=1S/C10H8BrF3N2/c11-8-4-6(9(16)1-2-15)3-7(5-8)10(12,13)14/h3-5,9H,1,16H2/t9-/m1/s1. The van der Waals surface area contributed by atoms with Crippen LogP contribution in [-0.2, 0) is 6.18 Å². The lowest BCUT2D eigenvalue weighted by Gasteiger charge is -2.13. The lowest BCUT2D eigenvalue weighted by molar-refractivity contribution is -0.137. The van der Waals surface area contributed by atoms with E-state index < -0.39 is 17.8 Å². The molecule has 1 aromatic carbocycles. The molecule has 0 unspecified atom stereocenters. The summed E-state index contributed by atoms with van der Waals surface area (Å²) in [6.45, 7) is 0. The third-order valence-corrected chi connectivity index (χ3v) is 2.44. The Morgan fingerprint density at radius 2 is 2.00 bits per heavy atom. The van der Waals surface area contributed by atoms with E-state index in [1.807, 2.05) is 6.07 Å². The van der Waals surface area contributed by atoms with Crippen LogP contribution >= 0.6 is 15.9 Å². The van der Waals surface area contributed by atoms with Crippen molar-refractivity contribution in [3.63, 3.8) is 0 Å². The molecule has 0 bridgehead atoms.